The topological polar surface area (TPSA) is 134 Å². The molecule has 4 rings (SSSR count). The molecule has 1 atom stereocenters. The Bertz CT molecular complexity index is 1460. The summed E-state index contributed by atoms with van der Waals surface area (Å²) in [7, 11) is 0. The highest BCUT2D eigenvalue weighted by Gasteiger charge is 2.17. The normalized spacial score (nSPS) is 11.3. The maximum atomic E-state index is 13.2. The Balaban J connectivity index is 1.46. The van der Waals surface area contributed by atoms with Gasteiger partial charge in [-0.15, -0.1) is 0 Å². The van der Waals surface area contributed by atoms with Crippen molar-refractivity contribution in [2.75, 3.05) is 5.32 Å². The number of nitrogens with two attached hydrogens (primary N) is 1. The number of anilines is 1. The predicted molar refractivity (Wildman–Crippen MR) is 137 cm³/mol. The quantitative estimate of drug-likeness (QED) is 0.333. The maximum absolute atomic E-state index is 13.2. The number of carbonyl (C=O) groups is 2. The van der Waals surface area contributed by atoms with E-state index >= 15 is 0 Å². The second-order valence-electron chi connectivity index (χ2n) is 8.33. The smallest absolute Gasteiger partial charge is 0.267 e. The Kier molecular flexibility index (Phi) is 7.50. The molecule has 2 aromatic heterocycles. The van der Waals surface area contributed by atoms with Crippen LogP contribution < -0.4 is 16.4 Å². The number of hydrogen-bond donors (Lipinski definition) is 3. The number of nitrogens with one attached hydrogen (secondary N) is 2. The lowest BCUT2D eigenvalue weighted by Gasteiger charge is -2.16. The fourth-order valence-corrected chi connectivity index (χ4v) is 3.66. The molecule has 0 saturated heterocycles. The lowest BCUT2D eigenvalue weighted by Crippen LogP contribution is -2.28. The Morgan fingerprint density at radius 1 is 1.00 bits per heavy atom. The molecule has 184 valence electrons. The van der Waals surface area contributed by atoms with Crippen LogP contribution >= 0.6 is 0 Å². The van der Waals surface area contributed by atoms with E-state index in [1.54, 1.807) is 37.4 Å². The van der Waals surface area contributed by atoms with E-state index in [4.69, 9.17) is 5.73 Å². The van der Waals surface area contributed by atoms with Gasteiger partial charge in [-0.1, -0.05) is 42.5 Å². The molecule has 0 aliphatic rings. The summed E-state index contributed by atoms with van der Waals surface area (Å²) in [6.07, 6.45) is 2.99. The molecule has 9 heteroatoms. The molecular formula is C28H23FN6O2. The molecule has 0 aliphatic heterocycles. The molecule has 8 nitrogen and oxygen atoms in total. The van der Waals surface area contributed by atoms with Gasteiger partial charge >= 0.3 is 0 Å². The number of primary amides is 1. The highest BCUT2D eigenvalue weighted by atomic mass is 19.1. The van der Waals surface area contributed by atoms with Crippen LogP contribution in [0.2, 0.25) is 0 Å². The summed E-state index contributed by atoms with van der Waals surface area (Å²) in [5.41, 5.74) is 9.35. The zero-order chi connectivity index (χ0) is 26.4. The lowest BCUT2D eigenvalue weighted by molar-refractivity contribution is 0.0939. The SMILES string of the molecule is CC(NC(=O)c1cc(C#N)cnc1NCc1ccc(-c2ccc(C(N)=O)nc2)cc1)c1ccc(F)cc1. The molecule has 2 amide bonds. The molecule has 4 aromatic rings. The number of benzene rings is 2. The number of nitrogens with zero attached hydrogens (tertiary/aromatic N) is 3. The van der Waals surface area contributed by atoms with Gasteiger partial charge in [0.1, 0.15) is 23.4 Å². The van der Waals surface area contributed by atoms with Crippen molar-refractivity contribution < 1.29 is 14.0 Å². The van der Waals surface area contributed by atoms with Crippen LogP contribution in [0.1, 0.15) is 50.5 Å². The number of nitriles is 1. The van der Waals surface area contributed by atoms with E-state index in [-0.39, 0.29) is 28.7 Å². The standard InChI is InChI=1S/C28H23FN6O2/c1-17(20-6-9-23(29)10-7-20)35-28(37)24-12-19(13-30)15-34-27(24)33-14-18-2-4-21(5-3-18)22-8-11-25(26(31)36)32-16-22/h2-12,15-17H,14H2,1H3,(H2,31,36)(H,33,34)(H,35,37). The monoisotopic (exact) mass is 494 g/mol. The number of aromatic nitrogens is 2. The molecule has 1 unspecified atom stereocenters. The molecular weight excluding hydrogens is 471 g/mol. The van der Waals surface area contributed by atoms with Gasteiger partial charge in [0.2, 0.25) is 0 Å². The molecule has 0 radical (unpaired) electrons. The number of pyridine rings is 2. The van der Waals surface area contributed by atoms with Crippen molar-refractivity contribution in [2.45, 2.75) is 19.5 Å². The van der Waals surface area contributed by atoms with Crippen LogP contribution in [-0.2, 0) is 6.54 Å². The van der Waals surface area contributed by atoms with Crippen LogP contribution in [0, 0.1) is 17.1 Å². The van der Waals surface area contributed by atoms with Crippen molar-refractivity contribution in [1.29, 1.82) is 5.26 Å². The van der Waals surface area contributed by atoms with Crippen molar-refractivity contribution in [2.24, 2.45) is 5.73 Å². The van der Waals surface area contributed by atoms with Crippen LogP contribution in [0.25, 0.3) is 11.1 Å². The number of halogens is 1. The van der Waals surface area contributed by atoms with Gasteiger partial charge in [-0.2, -0.15) is 5.26 Å². The minimum Gasteiger partial charge on any atom is -0.365 e. The van der Waals surface area contributed by atoms with Crippen molar-refractivity contribution in [1.82, 2.24) is 15.3 Å². The summed E-state index contributed by atoms with van der Waals surface area (Å²) in [5.74, 6) is -1.02. The van der Waals surface area contributed by atoms with Gasteiger partial charge in [-0.3, -0.25) is 14.6 Å². The van der Waals surface area contributed by atoms with Crippen LogP contribution in [-0.4, -0.2) is 21.8 Å². The number of carbonyl (C=O) groups excluding carboxylic acids is 2. The minimum atomic E-state index is -0.581. The van der Waals surface area contributed by atoms with Gasteiger partial charge in [-0.25, -0.2) is 9.37 Å². The first-order valence-corrected chi connectivity index (χ1v) is 11.4. The minimum absolute atomic E-state index is 0.200. The molecule has 2 aromatic carbocycles. The van der Waals surface area contributed by atoms with Gasteiger partial charge in [-0.05, 0) is 47.9 Å². The maximum Gasteiger partial charge on any atom is 0.267 e. The first-order chi connectivity index (χ1) is 17.8. The van der Waals surface area contributed by atoms with E-state index in [1.165, 1.54) is 24.4 Å². The second kappa shape index (κ2) is 11.1. The molecule has 2 heterocycles. The van der Waals surface area contributed by atoms with Crippen molar-refractivity contribution in [3.8, 4) is 17.2 Å². The van der Waals surface area contributed by atoms with Crippen molar-refractivity contribution in [3.05, 3.63) is 113 Å². The van der Waals surface area contributed by atoms with Gasteiger partial charge < -0.3 is 16.4 Å². The van der Waals surface area contributed by atoms with E-state index in [0.717, 1.165) is 22.3 Å². The fraction of sp³-hybridized carbons (Fsp3) is 0.107. The number of amides is 2. The molecule has 0 aliphatic carbocycles. The summed E-state index contributed by atoms with van der Waals surface area (Å²) in [4.78, 5) is 32.6. The number of rotatable bonds is 8. The van der Waals surface area contributed by atoms with Crippen molar-refractivity contribution in [3.63, 3.8) is 0 Å². The average Bonchev–Trinajstić information content (AvgIpc) is 2.92. The summed E-state index contributed by atoms with van der Waals surface area (Å²) >= 11 is 0. The Labute approximate surface area is 213 Å². The van der Waals surface area contributed by atoms with E-state index in [1.807, 2.05) is 30.3 Å². The van der Waals surface area contributed by atoms with Gasteiger partial charge in [0.15, 0.2) is 0 Å². The fourth-order valence-electron chi connectivity index (χ4n) is 3.66. The summed E-state index contributed by atoms with van der Waals surface area (Å²) in [5, 5.41) is 15.3. The lowest BCUT2D eigenvalue weighted by atomic mass is 10.1. The van der Waals surface area contributed by atoms with E-state index < -0.39 is 11.8 Å². The van der Waals surface area contributed by atoms with Crippen LogP contribution in [0.5, 0.6) is 0 Å². The van der Waals surface area contributed by atoms with Gasteiger partial charge in [0, 0.05) is 24.5 Å². The zero-order valence-corrected chi connectivity index (χ0v) is 19.9. The highest BCUT2D eigenvalue weighted by molar-refractivity contribution is 5.99. The predicted octanol–water partition coefficient (Wildman–Crippen LogP) is 4.36. The van der Waals surface area contributed by atoms with Gasteiger partial charge in [0.25, 0.3) is 11.8 Å². The largest absolute Gasteiger partial charge is 0.365 e. The first-order valence-electron chi connectivity index (χ1n) is 11.4. The third-order valence-electron chi connectivity index (χ3n) is 5.74. The molecule has 0 fully saturated rings. The third kappa shape index (κ3) is 6.13. The Hall–Kier alpha value is -5.10. The second-order valence-corrected chi connectivity index (χ2v) is 8.33. The third-order valence-corrected chi connectivity index (χ3v) is 5.74. The van der Waals surface area contributed by atoms with Crippen LogP contribution in [0.4, 0.5) is 10.2 Å². The summed E-state index contributed by atoms with van der Waals surface area (Å²) < 4.78 is 13.2. The highest BCUT2D eigenvalue weighted by Crippen LogP contribution is 2.21. The van der Waals surface area contributed by atoms with Crippen LogP contribution in [0.3, 0.4) is 0 Å². The summed E-state index contributed by atoms with van der Waals surface area (Å²) in [6.45, 7) is 2.17. The average molecular weight is 495 g/mol. The first kappa shape index (κ1) is 25.0. The molecule has 0 bridgehead atoms. The van der Waals surface area contributed by atoms with Crippen molar-refractivity contribution >= 4 is 17.6 Å². The van der Waals surface area contributed by atoms with Gasteiger partial charge in [0.05, 0.1) is 17.2 Å². The van der Waals surface area contributed by atoms with E-state index in [0.29, 0.717) is 12.4 Å². The number of hydrogen-bond acceptors (Lipinski definition) is 6. The Morgan fingerprint density at radius 3 is 2.32 bits per heavy atom. The van der Waals surface area contributed by atoms with E-state index in [9.17, 15) is 19.2 Å². The molecule has 0 saturated carbocycles. The zero-order valence-electron chi connectivity index (χ0n) is 19.9. The summed E-state index contributed by atoms with van der Waals surface area (Å²) in [6, 6.07) is 20.0. The molecule has 4 N–H and O–H groups in total. The Morgan fingerprint density at radius 2 is 1.70 bits per heavy atom. The van der Waals surface area contributed by atoms with Crippen LogP contribution in [0.15, 0.2) is 79.1 Å². The molecule has 37 heavy (non-hydrogen) atoms. The molecule has 0 spiro atoms. The van der Waals surface area contributed by atoms with E-state index in [2.05, 4.69) is 20.6 Å².